The van der Waals surface area contributed by atoms with E-state index >= 15 is 0 Å². The summed E-state index contributed by atoms with van der Waals surface area (Å²) in [6.07, 6.45) is 2.84. The summed E-state index contributed by atoms with van der Waals surface area (Å²) in [7, 11) is 0. The zero-order valence-electron chi connectivity index (χ0n) is 11.0. The van der Waals surface area contributed by atoms with Gasteiger partial charge in [0.05, 0.1) is 4.92 Å². The highest BCUT2D eigenvalue weighted by molar-refractivity contribution is 5.76. The highest BCUT2D eigenvalue weighted by Crippen LogP contribution is 2.08. The molecule has 0 saturated carbocycles. The Kier molecular flexibility index (Phi) is 5.63. The molecule has 0 aromatic carbocycles. The number of nitro groups is 1. The molecule has 0 aliphatic rings. The topological polar surface area (TPSA) is 127 Å². The third kappa shape index (κ3) is 5.46. The lowest BCUT2D eigenvalue weighted by atomic mass is 10.2. The minimum atomic E-state index is -0.907. The number of rotatable bonds is 8. The molecule has 20 heavy (non-hydrogen) atoms. The number of carboxylic acid groups (broad SMARTS) is 1. The number of hydrogen-bond acceptors (Lipinski definition) is 5. The van der Waals surface area contributed by atoms with E-state index in [1.165, 1.54) is 10.9 Å². The van der Waals surface area contributed by atoms with Gasteiger partial charge in [-0.05, 0) is 13.3 Å². The fourth-order valence-corrected chi connectivity index (χ4v) is 1.54. The Bertz CT molecular complexity index is 499. The monoisotopic (exact) mass is 284 g/mol. The van der Waals surface area contributed by atoms with E-state index in [1.807, 2.05) is 0 Å². The molecule has 1 rings (SSSR count). The van der Waals surface area contributed by atoms with Crippen molar-refractivity contribution in [1.29, 1.82) is 0 Å². The van der Waals surface area contributed by atoms with Crippen molar-refractivity contribution in [3.63, 3.8) is 0 Å². The summed E-state index contributed by atoms with van der Waals surface area (Å²) in [4.78, 5) is 31.8. The number of aromatic nitrogens is 2. The molecule has 9 heteroatoms. The van der Waals surface area contributed by atoms with Crippen LogP contribution in [-0.4, -0.2) is 37.7 Å². The molecular formula is C11H16N4O5. The molecule has 0 bridgehead atoms. The lowest BCUT2D eigenvalue weighted by Crippen LogP contribution is -2.33. The van der Waals surface area contributed by atoms with Crippen LogP contribution in [-0.2, 0) is 16.1 Å². The van der Waals surface area contributed by atoms with Crippen LogP contribution in [0.1, 0.15) is 26.2 Å². The molecule has 0 saturated heterocycles. The maximum absolute atomic E-state index is 11.6. The lowest BCUT2D eigenvalue weighted by molar-refractivity contribution is -0.385. The van der Waals surface area contributed by atoms with Gasteiger partial charge >= 0.3 is 11.7 Å². The number of nitrogens with one attached hydrogen (secondary N) is 1. The number of aliphatic carboxylic acids is 1. The average molecular weight is 284 g/mol. The SMILES string of the molecule is CC(CCC(=O)O)NC(=O)CCn1cc([N+](=O)[O-])cn1. The molecule has 0 radical (unpaired) electrons. The van der Waals surface area contributed by atoms with Crippen molar-refractivity contribution in [3.8, 4) is 0 Å². The Morgan fingerprint density at radius 1 is 1.55 bits per heavy atom. The van der Waals surface area contributed by atoms with Crippen molar-refractivity contribution in [3.05, 3.63) is 22.5 Å². The predicted molar refractivity (Wildman–Crippen MR) is 68.0 cm³/mol. The molecule has 1 aromatic rings. The van der Waals surface area contributed by atoms with Crippen molar-refractivity contribution in [2.24, 2.45) is 0 Å². The lowest BCUT2D eigenvalue weighted by Gasteiger charge is -2.12. The van der Waals surface area contributed by atoms with Gasteiger partial charge in [-0.3, -0.25) is 24.4 Å². The van der Waals surface area contributed by atoms with E-state index in [4.69, 9.17) is 5.11 Å². The molecule has 9 nitrogen and oxygen atoms in total. The molecule has 1 aromatic heterocycles. The van der Waals surface area contributed by atoms with Crippen molar-refractivity contribution in [2.45, 2.75) is 38.8 Å². The quantitative estimate of drug-likeness (QED) is 0.530. The van der Waals surface area contributed by atoms with Gasteiger partial charge in [0, 0.05) is 25.4 Å². The number of carbonyl (C=O) groups excluding carboxylic acids is 1. The van der Waals surface area contributed by atoms with Gasteiger partial charge in [0.2, 0.25) is 5.91 Å². The van der Waals surface area contributed by atoms with Crippen molar-refractivity contribution >= 4 is 17.6 Å². The van der Waals surface area contributed by atoms with Crippen molar-refractivity contribution in [2.75, 3.05) is 0 Å². The fraction of sp³-hybridized carbons (Fsp3) is 0.545. The van der Waals surface area contributed by atoms with Gasteiger partial charge < -0.3 is 10.4 Å². The van der Waals surface area contributed by atoms with E-state index in [-0.39, 0.29) is 37.0 Å². The molecule has 0 aliphatic heterocycles. The summed E-state index contributed by atoms with van der Waals surface area (Å²) in [5.74, 6) is -1.16. The van der Waals surface area contributed by atoms with Gasteiger partial charge in [0.15, 0.2) is 0 Å². The molecule has 0 aliphatic carbocycles. The summed E-state index contributed by atoms with van der Waals surface area (Å²) < 4.78 is 1.32. The van der Waals surface area contributed by atoms with Crippen LogP contribution in [0.5, 0.6) is 0 Å². The Balaban J connectivity index is 2.31. The van der Waals surface area contributed by atoms with E-state index in [0.29, 0.717) is 6.42 Å². The minimum Gasteiger partial charge on any atom is -0.481 e. The third-order valence-electron chi connectivity index (χ3n) is 2.60. The van der Waals surface area contributed by atoms with Crippen molar-refractivity contribution in [1.82, 2.24) is 15.1 Å². The van der Waals surface area contributed by atoms with Crippen LogP contribution in [0.2, 0.25) is 0 Å². The first-order chi connectivity index (χ1) is 9.38. The number of carboxylic acids is 1. The molecule has 0 spiro atoms. The second-order valence-electron chi connectivity index (χ2n) is 4.37. The standard InChI is InChI=1S/C11H16N4O5/c1-8(2-3-11(17)18)13-10(16)4-5-14-7-9(6-12-14)15(19)20/h6-8H,2-5H2,1H3,(H,13,16)(H,17,18). The number of amides is 1. The van der Waals surface area contributed by atoms with Crippen LogP contribution in [0.4, 0.5) is 5.69 Å². The summed E-state index contributed by atoms with van der Waals surface area (Å²) in [5.41, 5.74) is -0.125. The number of nitrogens with zero attached hydrogens (tertiary/aromatic N) is 3. The maximum Gasteiger partial charge on any atom is 0.306 e. The first kappa shape index (κ1) is 15.6. The zero-order valence-corrected chi connectivity index (χ0v) is 11.0. The summed E-state index contributed by atoms with van der Waals surface area (Å²) in [6.45, 7) is 1.95. The van der Waals surface area contributed by atoms with Gasteiger partial charge in [-0.2, -0.15) is 5.10 Å². The van der Waals surface area contributed by atoms with E-state index in [0.717, 1.165) is 6.20 Å². The summed E-state index contributed by atoms with van der Waals surface area (Å²) in [5, 5.41) is 25.4. The minimum absolute atomic E-state index is 0.00715. The molecule has 1 unspecified atom stereocenters. The van der Waals surface area contributed by atoms with Crippen LogP contribution in [0.25, 0.3) is 0 Å². The highest BCUT2D eigenvalue weighted by atomic mass is 16.6. The van der Waals surface area contributed by atoms with E-state index in [1.54, 1.807) is 6.92 Å². The number of carbonyl (C=O) groups is 2. The molecule has 1 heterocycles. The van der Waals surface area contributed by atoms with Crippen LogP contribution in [0, 0.1) is 10.1 Å². The van der Waals surface area contributed by atoms with Crippen LogP contribution in [0.15, 0.2) is 12.4 Å². The van der Waals surface area contributed by atoms with E-state index < -0.39 is 10.9 Å². The largest absolute Gasteiger partial charge is 0.481 e. The second kappa shape index (κ2) is 7.22. The molecule has 110 valence electrons. The molecular weight excluding hydrogens is 268 g/mol. The van der Waals surface area contributed by atoms with Gasteiger partial charge in [-0.15, -0.1) is 0 Å². The zero-order chi connectivity index (χ0) is 15.1. The average Bonchev–Trinajstić information content (AvgIpc) is 2.83. The highest BCUT2D eigenvalue weighted by Gasteiger charge is 2.11. The second-order valence-corrected chi connectivity index (χ2v) is 4.37. The van der Waals surface area contributed by atoms with E-state index in [2.05, 4.69) is 10.4 Å². The van der Waals surface area contributed by atoms with Gasteiger partial charge in [0.25, 0.3) is 0 Å². The predicted octanol–water partition coefficient (Wildman–Crippen LogP) is 0.551. The van der Waals surface area contributed by atoms with Gasteiger partial charge in [-0.1, -0.05) is 0 Å². The smallest absolute Gasteiger partial charge is 0.306 e. The number of aryl methyl sites for hydroxylation is 1. The Hall–Kier alpha value is -2.45. The Labute approximate surface area is 114 Å². The normalized spacial score (nSPS) is 11.8. The van der Waals surface area contributed by atoms with Gasteiger partial charge in [-0.25, -0.2) is 0 Å². The van der Waals surface area contributed by atoms with E-state index in [9.17, 15) is 19.7 Å². The third-order valence-corrected chi connectivity index (χ3v) is 2.60. The van der Waals surface area contributed by atoms with Crippen LogP contribution >= 0.6 is 0 Å². The first-order valence-electron chi connectivity index (χ1n) is 6.06. The maximum atomic E-state index is 11.6. The molecule has 0 fully saturated rings. The number of hydrogen-bond donors (Lipinski definition) is 2. The summed E-state index contributed by atoms with van der Waals surface area (Å²) >= 11 is 0. The molecule has 2 N–H and O–H groups in total. The summed E-state index contributed by atoms with van der Waals surface area (Å²) in [6, 6.07) is -0.231. The van der Waals surface area contributed by atoms with Crippen LogP contribution in [0.3, 0.4) is 0 Å². The Morgan fingerprint density at radius 3 is 2.80 bits per heavy atom. The van der Waals surface area contributed by atoms with Crippen molar-refractivity contribution < 1.29 is 19.6 Å². The fourth-order valence-electron chi connectivity index (χ4n) is 1.54. The van der Waals surface area contributed by atoms with Crippen LogP contribution < -0.4 is 5.32 Å². The first-order valence-corrected chi connectivity index (χ1v) is 6.06. The van der Waals surface area contributed by atoms with Gasteiger partial charge in [0.1, 0.15) is 12.4 Å². The Morgan fingerprint density at radius 2 is 2.25 bits per heavy atom. The molecule has 1 amide bonds. The molecule has 1 atom stereocenters.